The number of phenolic OH excluding ortho intramolecular Hbond substituents is 1. The van der Waals surface area contributed by atoms with E-state index in [1.165, 1.54) is 12.5 Å². The van der Waals surface area contributed by atoms with Crippen LogP contribution in [0.15, 0.2) is 30.3 Å². The number of alkyl halides is 1. The van der Waals surface area contributed by atoms with Crippen LogP contribution in [0.4, 0.5) is 20.3 Å². The molecule has 0 saturated carbocycles. The molecule has 4 fully saturated rings. The number of aromatic hydroxyl groups is 1. The Kier molecular flexibility index (Phi) is 8.22. The summed E-state index contributed by atoms with van der Waals surface area (Å²) in [6, 6.07) is 9.56. The molecule has 6 aliphatic heterocycles. The predicted octanol–water partition coefficient (Wildman–Crippen LogP) is 5.93. The van der Waals surface area contributed by atoms with Gasteiger partial charge < -0.3 is 24.5 Å². The van der Waals surface area contributed by atoms with Gasteiger partial charge in [-0.2, -0.15) is 15.1 Å². The number of rotatable bonds is 7. The van der Waals surface area contributed by atoms with Crippen molar-refractivity contribution in [2.45, 2.75) is 115 Å². The van der Waals surface area contributed by atoms with Crippen LogP contribution in [0.2, 0.25) is 0 Å². The first-order chi connectivity index (χ1) is 26.3. The van der Waals surface area contributed by atoms with E-state index >= 15 is 4.39 Å². The fourth-order valence-electron chi connectivity index (χ4n) is 10.7. The van der Waals surface area contributed by atoms with E-state index < -0.39 is 6.17 Å². The third kappa shape index (κ3) is 5.59. The average Bonchev–Trinajstić information content (AvgIpc) is 3.80. The lowest BCUT2D eigenvalue weighted by molar-refractivity contribution is -0.0121. The summed E-state index contributed by atoms with van der Waals surface area (Å²) in [7, 11) is 0. The zero-order valence-electron chi connectivity index (χ0n) is 30.9. The number of hydrogen-bond acceptors (Lipinski definition) is 9. The highest BCUT2D eigenvalue weighted by Crippen LogP contribution is 2.43. The molecule has 284 valence electrons. The largest absolute Gasteiger partial charge is 0.508 e. The number of phenols is 1. The van der Waals surface area contributed by atoms with E-state index in [0.29, 0.717) is 81.9 Å². The molecule has 54 heavy (non-hydrogen) atoms. The van der Waals surface area contributed by atoms with Crippen molar-refractivity contribution in [1.82, 2.24) is 29.5 Å². The van der Waals surface area contributed by atoms with Crippen LogP contribution < -0.4 is 14.5 Å². The summed E-state index contributed by atoms with van der Waals surface area (Å²) in [5, 5.41) is 17.2. The van der Waals surface area contributed by atoms with Crippen molar-refractivity contribution in [3.05, 3.63) is 64.4 Å². The van der Waals surface area contributed by atoms with Crippen molar-refractivity contribution >= 4 is 28.2 Å². The highest BCUT2D eigenvalue weighted by atomic mass is 19.1. The quantitative estimate of drug-likeness (QED) is 0.247. The molecule has 8 heterocycles. The van der Waals surface area contributed by atoms with Gasteiger partial charge in [0.1, 0.15) is 30.2 Å². The van der Waals surface area contributed by atoms with Gasteiger partial charge >= 0.3 is 6.01 Å². The zero-order chi connectivity index (χ0) is 36.7. The first-order valence-electron chi connectivity index (χ1n) is 20.0. The number of amides is 1. The number of piperidine rings is 1. The monoisotopic (exact) mass is 738 g/mol. The van der Waals surface area contributed by atoms with Crippen molar-refractivity contribution in [3.8, 4) is 11.8 Å². The maximum atomic E-state index is 15.2. The Morgan fingerprint density at radius 1 is 1.02 bits per heavy atom. The van der Waals surface area contributed by atoms with Crippen LogP contribution in [0.1, 0.15) is 91.3 Å². The number of ether oxygens (including phenoxy) is 1. The number of anilines is 2. The first kappa shape index (κ1) is 34.0. The van der Waals surface area contributed by atoms with Crippen LogP contribution in [0.5, 0.6) is 11.8 Å². The molecule has 2 unspecified atom stereocenters. The first-order valence-corrected chi connectivity index (χ1v) is 20.0. The minimum atomic E-state index is -0.864. The van der Waals surface area contributed by atoms with Gasteiger partial charge in [0.05, 0.1) is 30.0 Å². The summed E-state index contributed by atoms with van der Waals surface area (Å²) in [5.74, 6) is 0.733. The van der Waals surface area contributed by atoms with Crippen molar-refractivity contribution in [1.29, 1.82) is 0 Å². The van der Waals surface area contributed by atoms with E-state index in [1.54, 1.807) is 18.2 Å². The minimum Gasteiger partial charge on any atom is -0.508 e. The van der Waals surface area contributed by atoms with E-state index in [-0.39, 0.29) is 29.0 Å². The number of carbonyl (C=O) groups excluding carboxylic acids is 1. The van der Waals surface area contributed by atoms with Crippen molar-refractivity contribution < 1.29 is 23.4 Å². The summed E-state index contributed by atoms with van der Waals surface area (Å²) in [4.78, 5) is 32.6. The molecule has 4 saturated heterocycles. The van der Waals surface area contributed by atoms with Crippen molar-refractivity contribution in [2.24, 2.45) is 0 Å². The normalized spacial score (nSPS) is 26.4. The lowest BCUT2D eigenvalue weighted by atomic mass is 9.79. The molecule has 6 aliphatic rings. The van der Waals surface area contributed by atoms with Gasteiger partial charge in [0.15, 0.2) is 5.69 Å². The molecular formula is C41H48F2N8O3. The van der Waals surface area contributed by atoms with E-state index in [1.807, 2.05) is 17.7 Å². The van der Waals surface area contributed by atoms with E-state index in [4.69, 9.17) is 19.8 Å². The van der Waals surface area contributed by atoms with Crippen LogP contribution in [-0.4, -0.2) is 97.1 Å². The van der Waals surface area contributed by atoms with Crippen LogP contribution >= 0.6 is 0 Å². The maximum Gasteiger partial charge on any atom is 0.318 e. The summed E-state index contributed by atoms with van der Waals surface area (Å²) in [6.07, 6.45) is 7.94. The summed E-state index contributed by atoms with van der Waals surface area (Å²) < 4.78 is 38.4. The number of aromatic nitrogens is 4. The molecule has 13 heteroatoms. The van der Waals surface area contributed by atoms with Crippen LogP contribution in [0.25, 0.3) is 10.8 Å². The van der Waals surface area contributed by atoms with E-state index in [0.717, 1.165) is 90.8 Å². The second-order valence-corrected chi connectivity index (χ2v) is 16.4. The second kappa shape index (κ2) is 13.1. The van der Waals surface area contributed by atoms with Crippen molar-refractivity contribution in [2.75, 3.05) is 42.6 Å². The van der Waals surface area contributed by atoms with Gasteiger partial charge in [-0.25, -0.2) is 8.78 Å². The van der Waals surface area contributed by atoms with Crippen LogP contribution in [0.3, 0.4) is 0 Å². The third-order valence-electron chi connectivity index (χ3n) is 13.3. The Bertz CT molecular complexity index is 2130. The molecule has 11 nitrogen and oxygen atoms in total. The molecule has 4 atom stereocenters. The van der Waals surface area contributed by atoms with Gasteiger partial charge in [-0.1, -0.05) is 13.0 Å². The molecule has 0 radical (unpaired) electrons. The van der Waals surface area contributed by atoms with Crippen molar-refractivity contribution in [3.63, 3.8) is 0 Å². The van der Waals surface area contributed by atoms with Gasteiger partial charge in [-0.05, 0) is 93.5 Å². The van der Waals surface area contributed by atoms with Gasteiger partial charge in [-0.3, -0.25) is 14.4 Å². The molecule has 2 bridgehead atoms. The summed E-state index contributed by atoms with van der Waals surface area (Å²) in [6.45, 7) is 6.63. The van der Waals surface area contributed by atoms with E-state index in [9.17, 15) is 14.3 Å². The number of nitrogens with zero attached hydrogens (tertiary/aromatic N) is 8. The molecule has 1 N–H and O–H groups in total. The maximum absolute atomic E-state index is 15.2. The smallest absolute Gasteiger partial charge is 0.318 e. The Labute approximate surface area is 313 Å². The highest BCUT2D eigenvalue weighted by Gasteiger charge is 2.49. The van der Waals surface area contributed by atoms with Gasteiger partial charge in [0.2, 0.25) is 0 Å². The molecule has 2 aromatic heterocycles. The fourth-order valence-corrected chi connectivity index (χ4v) is 10.7. The molecule has 1 amide bonds. The van der Waals surface area contributed by atoms with Gasteiger partial charge in [0.25, 0.3) is 5.91 Å². The standard InChI is InChI=1S/C41H48F2N8O3/c1-2-31-33(43)9-8-25-16-30(52)19-36(37(25)31)47-15-10-32-35(23-47)44-40(54-24-41-11-4-13-49(41)21-26(42)20-41)45-38(32)48-12-5-14-50-29(22-48)18-34(46-50)39(53)51-27-6-3-7-28(51)17-27/h8-9,16,18-19,26-28,52H,2-7,10-15,17,20-24H2,1H3/t26-,27?,28?,41+/m1/s1. The molecule has 10 rings (SSSR count). The Hall–Kier alpha value is -4.52. The topological polar surface area (TPSA) is 103 Å². The van der Waals surface area contributed by atoms with Crippen LogP contribution in [-0.2, 0) is 32.5 Å². The average molecular weight is 739 g/mol. The highest BCUT2D eigenvalue weighted by molar-refractivity contribution is 5.98. The second-order valence-electron chi connectivity index (χ2n) is 16.4. The molecule has 4 aromatic rings. The lowest BCUT2D eigenvalue weighted by Crippen LogP contribution is -2.61. The van der Waals surface area contributed by atoms with E-state index in [2.05, 4.69) is 19.6 Å². The summed E-state index contributed by atoms with van der Waals surface area (Å²) in [5.41, 5.74) is 4.41. The number of carbonyl (C=O) groups is 1. The molecule has 0 aliphatic carbocycles. The Balaban J connectivity index is 0.996. The number of aryl methyl sites for hydroxylation is 2. The predicted molar refractivity (Wildman–Crippen MR) is 200 cm³/mol. The number of benzene rings is 2. The molecule has 2 aromatic carbocycles. The SMILES string of the molecule is CCc1c(F)ccc2cc(O)cc(N3CCc4c(nc(OC[C@@]56CCCN5C[C@H](F)C6)nc4N4CCCn5nc(C(=O)N6C7CCCC6C7)cc5C4)C3)c12. The zero-order valence-corrected chi connectivity index (χ0v) is 30.9. The number of halogens is 2. The molecule has 0 spiro atoms. The summed E-state index contributed by atoms with van der Waals surface area (Å²) >= 11 is 0. The third-order valence-corrected chi connectivity index (χ3v) is 13.3. The number of hydrogen-bond donors (Lipinski definition) is 1. The van der Waals surface area contributed by atoms with Gasteiger partial charge in [-0.15, -0.1) is 0 Å². The fraction of sp³-hybridized carbons (Fsp3) is 0.561. The van der Waals surface area contributed by atoms with Crippen LogP contribution in [0, 0.1) is 5.82 Å². The molecular weight excluding hydrogens is 690 g/mol. The minimum absolute atomic E-state index is 0.0478. The number of fused-ring (bicyclic) bond motifs is 6. The lowest BCUT2D eigenvalue weighted by Gasteiger charge is -2.52. The Morgan fingerprint density at radius 2 is 1.89 bits per heavy atom. The Morgan fingerprint density at radius 3 is 2.72 bits per heavy atom. The van der Waals surface area contributed by atoms with Gasteiger partial charge in [0, 0.05) is 67.4 Å².